The summed E-state index contributed by atoms with van der Waals surface area (Å²) in [4.78, 5) is 33.4. The molecule has 0 unspecified atom stereocenters. The molecule has 0 aliphatic heterocycles. The molecule has 0 N–H and O–H groups in total. The number of aromatic nitrogens is 3. The number of rotatable bonds is 5. The monoisotopic (exact) mass is 337 g/mol. The molecular formula is C19H19N3O3. The van der Waals surface area contributed by atoms with E-state index < -0.39 is 5.97 Å². The summed E-state index contributed by atoms with van der Waals surface area (Å²) < 4.78 is 6.65. The van der Waals surface area contributed by atoms with Crippen molar-refractivity contribution in [1.29, 1.82) is 0 Å². The fraction of sp³-hybridized carbons (Fsp3) is 0.263. The summed E-state index contributed by atoms with van der Waals surface area (Å²) in [7, 11) is 0. The summed E-state index contributed by atoms with van der Waals surface area (Å²) in [5, 5.41) is 0.414. The summed E-state index contributed by atoms with van der Waals surface area (Å²) >= 11 is 0. The summed E-state index contributed by atoms with van der Waals surface area (Å²) in [6, 6.07) is 9.07. The molecule has 0 aliphatic carbocycles. The van der Waals surface area contributed by atoms with Crippen LogP contribution in [0.4, 0.5) is 0 Å². The van der Waals surface area contributed by atoms with Crippen LogP contribution >= 0.6 is 0 Å². The molecular weight excluding hydrogens is 318 g/mol. The second kappa shape index (κ2) is 7.25. The van der Waals surface area contributed by atoms with Crippen LogP contribution in [0.15, 0.2) is 47.5 Å². The Hall–Kier alpha value is -3.02. The molecule has 128 valence electrons. The van der Waals surface area contributed by atoms with Gasteiger partial charge in [-0.3, -0.25) is 14.8 Å². The van der Waals surface area contributed by atoms with Gasteiger partial charge in [0.1, 0.15) is 0 Å². The highest BCUT2D eigenvalue weighted by molar-refractivity contribution is 5.94. The van der Waals surface area contributed by atoms with Crippen molar-refractivity contribution < 1.29 is 9.53 Å². The Morgan fingerprint density at radius 2 is 2.12 bits per heavy atom. The van der Waals surface area contributed by atoms with Gasteiger partial charge in [0, 0.05) is 31.1 Å². The maximum absolute atomic E-state index is 12.7. The van der Waals surface area contributed by atoms with Crippen LogP contribution < -0.4 is 5.56 Å². The van der Waals surface area contributed by atoms with Gasteiger partial charge in [-0.15, -0.1) is 0 Å². The molecule has 6 nitrogen and oxygen atoms in total. The lowest BCUT2D eigenvalue weighted by atomic mass is 10.1. The van der Waals surface area contributed by atoms with Crippen LogP contribution in [0.3, 0.4) is 0 Å². The van der Waals surface area contributed by atoms with Gasteiger partial charge in [-0.2, -0.15) is 0 Å². The van der Waals surface area contributed by atoms with Crippen LogP contribution in [0.2, 0.25) is 0 Å². The smallest absolute Gasteiger partial charge is 0.339 e. The minimum atomic E-state index is -0.460. The van der Waals surface area contributed by atoms with Crippen molar-refractivity contribution in [1.82, 2.24) is 14.5 Å². The van der Waals surface area contributed by atoms with E-state index in [4.69, 9.17) is 4.74 Å². The predicted molar refractivity (Wildman–Crippen MR) is 94.6 cm³/mol. The summed E-state index contributed by atoms with van der Waals surface area (Å²) in [6.45, 7) is 4.26. The Morgan fingerprint density at radius 1 is 1.28 bits per heavy atom. The quantitative estimate of drug-likeness (QED) is 0.669. The minimum absolute atomic E-state index is 0.175. The Kier molecular flexibility index (Phi) is 4.88. The van der Waals surface area contributed by atoms with Crippen molar-refractivity contribution in [2.75, 3.05) is 6.61 Å². The highest BCUT2D eigenvalue weighted by Crippen LogP contribution is 2.14. The van der Waals surface area contributed by atoms with Crippen molar-refractivity contribution in [3.05, 3.63) is 70.0 Å². The lowest BCUT2D eigenvalue weighted by molar-refractivity contribution is 0.0525. The van der Waals surface area contributed by atoms with E-state index in [2.05, 4.69) is 9.97 Å². The maximum atomic E-state index is 12.7. The van der Waals surface area contributed by atoms with Gasteiger partial charge in [-0.05, 0) is 38.1 Å². The van der Waals surface area contributed by atoms with Crippen molar-refractivity contribution in [2.24, 2.45) is 0 Å². The second-order valence-electron chi connectivity index (χ2n) is 5.66. The Balaban J connectivity index is 1.96. The van der Waals surface area contributed by atoms with Gasteiger partial charge in [-0.25, -0.2) is 4.79 Å². The average molecular weight is 337 g/mol. The molecule has 0 aliphatic rings. The summed E-state index contributed by atoms with van der Waals surface area (Å²) in [5.74, 6) is -0.460. The average Bonchev–Trinajstić information content (AvgIpc) is 2.62. The van der Waals surface area contributed by atoms with Crippen LogP contribution in [0, 0.1) is 6.92 Å². The normalized spacial score (nSPS) is 10.8. The molecule has 0 radical (unpaired) electrons. The minimum Gasteiger partial charge on any atom is -0.462 e. The maximum Gasteiger partial charge on any atom is 0.339 e. The zero-order chi connectivity index (χ0) is 17.8. The Morgan fingerprint density at radius 3 is 2.84 bits per heavy atom. The number of aryl methyl sites for hydroxylation is 3. The van der Waals surface area contributed by atoms with E-state index in [0.717, 1.165) is 5.69 Å². The predicted octanol–water partition coefficient (Wildman–Crippen LogP) is 2.52. The number of esters is 1. The van der Waals surface area contributed by atoms with E-state index >= 15 is 0 Å². The first kappa shape index (κ1) is 16.8. The number of hydrogen-bond acceptors (Lipinski definition) is 5. The number of nitrogens with zero attached hydrogens (tertiary/aromatic N) is 3. The first-order chi connectivity index (χ1) is 12.1. The fourth-order valence-corrected chi connectivity index (χ4v) is 2.68. The van der Waals surface area contributed by atoms with Crippen LogP contribution in [0.25, 0.3) is 10.9 Å². The molecule has 3 rings (SSSR count). The zero-order valence-corrected chi connectivity index (χ0v) is 14.2. The van der Waals surface area contributed by atoms with Crippen LogP contribution in [0.5, 0.6) is 0 Å². The van der Waals surface area contributed by atoms with E-state index in [9.17, 15) is 9.59 Å². The van der Waals surface area contributed by atoms with Gasteiger partial charge in [0.05, 0.1) is 28.8 Å². The third-order valence-electron chi connectivity index (χ3n) is 3.98. The molecule has 6 heteroatoms. The fourth-order valence-electron chi connectivity index (χ4n) is 2.68. The van der Waals surface area contributed by atoms with Gasteiger partial charge in [-0.1, -0.05) is 6.07 Å². The molecule has 3 aromatic heterocycles. The zero-order valence-electron chi connectivity index (χ0n) is 14.2. The topological polar surface area (TPSA) is 74.1 Å². The molecule has 25 heavy (non-hydrogen) atoms. The Bertz CT molecular complexity index is 965. The van der Waals surface area contributed by atoms with Gasteiger partial charge < -0.3 is 9.30 Å². The van der Waals surface area contributed by atoms with Gasteiger partial charge >= 0.3 is 5.97 Å². The van der Waals surface area contributed by atoms with Crippen LogP contribution in [0.1, 0.15) is 28.7 Å². The summed E-state index contributed by atoms with van der Waals surface area (Å²) in [6.07, 6.45) is 4.11. The third-order valence-corrected chi connectivity index (χ3v) is 3.98. The summed E-state index contributed by atoms with van der Waals surface area (Å²) in [5.41, 5.74) is 2.20. The third kappa shape index (κ3) is 3.57. The standard InChI is InChI=1S/C19H19N3O3/c1-3-25-19(24)15-12-16-17(21-13(15)2)8-11-22(18(16)23)10-7-14-6-4-5-9-20-14/h4-6,8-9,11-12H,3,7,10H2,1-2H3. The number of hydrogen-bond donors (Lipinski definition) is 0. The number of carbonyl (C=O) groups is 1. The molecule has 0 aromatic carbocycles. The number of fused-ring (bicyclic) bond motifs is 1. The van der Waals surface area contributed by atoms with Gasteiger partial charge in [0.2, 0.25) is 0 Å². The van der Waals surface area contributed by atoms with Gasteiger partial charge in [0.15, 0.2) is 0 Å². The van der Waals surface area contributed by atoms with E-state index in [1.807, 2.05) is 18.2 Å². The van der Waals surface area contributed by atoms with Crippen molar-refractivity contribution in [3.8, 4) is 0 Å². The van der Waals surface area contributed by atoms with Crippen LogP contribution in [-0.4, -0.2) is 27.1 Å². The van der Waals surface area contributed by atoms with E-state index in [1.54, 1.807) is 42.9 Å². The molecule has 0 amide bonds. The first-order valence-electron chi connectivity index (χ1n) is 8.18. The van der Waals surface area contributed by atoms with E-state index in [1.165, 1.54) is 0 Å². The SMILES string of the molecule is CCOC(=O)c1cc2c(=O)n(CCc3ccccn3)ccc2nc1C. The lowest BCUT2D eigenvalue weighted by Gasteiger charge is -2.09. The highest BCUT2D eigenvalue weighted by atomic mass is 16.5. The molecule has 3 heterocycles. The molecule has 3 aromatic rings. The number of ether oxygens (including phenoxy) is 1. The molecule has 0 bridgehead atoms. The van der Waals surface area contributed by atoms with Gasteiger partial charge in [0.25, 0.3) is 5.56 Å². The second-order valence-corrected chi connectivity index (χ2v) is 5.66. The lowest BCUT2D eigenvalue weighted by Crippen LogP contribution is -2.22. The molecule has 0 atom stereocenters. The number of pyridine rings is 3. The molecule has 0 saturated heterocycles. The molecule has 0 spiro atoms. The molecule has 0 fully saturated rings. The van der Waals surface area contributed by atoms with Crippen LogP contribution in [-0.2, 0) is 17.7 Å². The first-order valence-corrected chi connectivity index (χ1v) is 8.18. The Labute approximate surface area is 145 Å². The van der Waals surface area contributed by atoms with Crippen molar-refractivity contribution in [2.45, 2.75) is 26.8 Å². The van der Waals surface area contributed by atoms with Crippen molar-refractivity contribution in [3.63, 3.8) is 0 Å². The van der Waals surface area contributed by atoms with E-state index in [-0.39, 0.29) is 12.2 Å². The van der Waals surface area contributed by atoms with Crippen molar-refractivity contribution >= 4 is 16.9 Å². The molecule has 0 saturated carbocycles. The number of carbonyl (C=O) groups excluding carboxylic acids is 1. The van der Waals surface area contributed by atoms with E-state index in [0.29, 0.717) is 35.1 Å². The highest BCUT2D eigenvalue weighted by Gasteiger charge is 2.14. The largest absolute Gasteiger partial charge is 0.462 e.